The Balaban J connectivity index is 3.51. The predicted molar refractivity (Wildman–Crippen MR) is 59.9 cm³/mol. The zero-order valence-corrected chi connectivity index (χ0v) is 8.86. The number of nitro groups is 1. The van der Waals surface area contributed by atoms with Crippen LogP contribution in [-0.2, 0) is 4.79 Å². The van der Waals surface area contributed by atoms with Gasteiger partial charge < -0.3 is 5.11 Å². The Hall–Kier alpha value is -3.01. The Morgan fingerprint density at radius 3 is 2.50 bits per heavy atom. The Morgan fingerprint density at radius 1 is 1.44 bits per heavy atom. The third-order valence-corrected chi connectivity index (χ3v) is 2.04. The molecule has 0 bridgehead atoms. The second-order valence-corrected chi connectivity index (χ2v) is 3.16. The summed E-state index contributed by atoms with van der Waals surface area (Å²) in [4.78, 5) is 31.0. The lowest BCUT2D eigenvalue weighted by atomic mass is 10.0. The fourth-order valence-electron chi connectivity index (χ4n) is 1.29. The van der Waals surface area contributed by atoms with Crippen LogP contribution in [0.1, 0.15) is 21.5 Å². The first-order chi connectivity index (χ1) is 8.49. The number of nitro benzene ring substituents is 1. The minimum Gasteiger partial charge on any atom is -0.478 e. The number of carboxylic acid groups (broad SMARTS) is 1. The van der Waals surface area contributed by atoms with Crippen molar-refractivity contribution in [2.45, 2.75) is 0 Å². The maximum atomic E-state index is 10.7. The first-order valence-corrected chi connectivity index (χ1v) is 4.58. The van der Waals surface area contributed by atoms with Gasteiger partial charge in [-0.15, -0.1) is 0 Å². The van der Waals surface area contributed by atoms with Gasteiger partial charge in [-0.1, -0.05) is 0 Å². The fourth-order valence-corrected chi connectivity index (χ4v) is 1.29. The summed E-state index contributed by atoms with van der Waals surface area (Å²) in [6, 6.07) is 3.70. The van der Waals surface area contributed by atoms with Gasteiger partial charge in [-0.3, -0.25) is 14.9 Å². The highest BCUT2D eigenvalue weighted by Crippen LogP contribution is 2.22. The molecular formula is C11H6N2O5. The maximum absolute atomic E-state index is 10.7. The van der Waals surface area contributed by atoms with E-state index in [1.807, 2.05) is 0 Å². The minimum absolute atomic E-state index is 0.0104. The molecule has 90 valence electrons. The number of carboxylic acids is 1. The van der Waals surface area contributed by atoms with Gasteiger partial charge in [0.2, 0.25) is 0 Å². The van der Waals surface area contributed by atoms with Crippen molar-refractivity contribution in [1.82, 2.24) is 0 Å². The van der Waals surface area contributed by atoms with Crippen LogP contribution in [-0.4, -0.2) is 22.3 Å². The largest absolute Gasteiger partial charge is 0.478 e. The minimum atomic E-state index is -1.27. The average molecular weight is 246 g/mol. The molecule has 0 atom stereocenters. The van der Waals surface area contributed by atoms with Crippen LogP contribution >= 0.6 is 0 Å². The molecule has 0 unspecified atom stereocenters. The highest BCUT2D eigenvalue weighted by Gasteiger charge is 2.14. The lowest BCUT2D eigenvalue weighted by Gasteiger charge is -2.01. The number of non-ortho nitro benzene ring substituents is 1. The summed E-state index contributed by atoms with van der Waals surface area (Å²) in [7, 11) is 0. The molecule has 0 fully saturated rings. The van der Waals surface area contributed by atoms with Gasteiger partial charge in [0.1, 0.15) is 6.07 Å². The van der Waals surface area contributed by atoms with Crippen LogP contribution in [0.3, 0.4) is 0 Å². The maximum Gasteiger partial charge on any atom is 0.328 e. The van der Waals surface area contributed by atoms with Gasteiger partial charge in [-0.2, -0.15) is 5.26 Å². The Morgan fingerprint density at radius 2 is 2.06 bits per heavy atom. The molecule has 7 heteroatoms. The molecule has 0 aliphatic rings. The number of carbonyl (C=O) groups excluding carboxylic acids is 1. The lowest BCUT2D eigenvalue weighted by Crippen LogP contribution is -1.97. The summed E-state index contributed by atoms with van der Waals surface area (Å²) in [6.45, 7) is 0. The van der Waals surface area contributed by atoms with E-state index in [-0.39, 0.29) is 22.4 Å². The average Bonchev–Trinajstić information content (AvgIpc) is 2.34. The summed E-state index contributed by atoms with van der Waals surface area (Å²) < 4.78 is 0. The van der Waals surface area contributed by atoms with E-state index < -0.39 is 10.9 Å². The van der Waals surface area contributed by atoms with Gasteiger partial charge in [-0.05, 0) is 11.6 Å². The topological polar surface area (TPSA) is 121 Å². The van der Waals surface area contributed by atoms with Crippen LogP contribution in [0.25, 0.3) is 6.08 Å². The van der Waals surface area contributed by atoms with E-state index in [0.29, 0.717) is 6.29 Å². The lowest BCUT2D eigenvalue weighted by molar-refractivity contribution is -0.384. The van der Waals surface area contributed by atoms with Crippen LogP contribution in [0.4, 0.5) is 5.69 Å². The number of nitrogens with zero attached hydrogens (tertiary/aromatic N) is 2. The Bertz CT molecular complexity index is 598. The molecule has 0 radical (unpaired) electrons. The van der Waals surface area contributed by atoms with Gasteiger partial charge in [0.05, 0.1) is 10.5 Å². The number of benzene rings is 1. The molecule has 7 nitrogen and oxygen atoms in total. The number of aldehydes is 1. The molecule has 0 saturated heterocycles. The van der Waals surface area contributed by atoms with Crippen LogP contribution in [0.2, 0.25) is 0 Å². The van der Waals surface area contributed by atoms with E-state index in [1.165, 1.54) is 0 Å². The number of aliphatic carboxylic acids is 1. The molecule has 1 rings (SSSR count). The van der Waals surface area contributed by atoms with Crippen LogP contribution in [0, 0.1) is 21.4 Å². The van der Waals surface area contributed by atoms with E-state index >= 15 is 0 Å². The van der Waals surface area contributed by atoms with Crippen molar-refractivity contribution >= 4 is 24.0 Å². The predicted octanol–water partition coefficient (Wildman–Crippen LogP) is 1.38. The monoisotopic (exact) mass is 246 g/mol. The molecular weight excluding hydrogens is 240 g/mol. The normalized spacial score (nSPS) is 9.94. The first kappa shape index (κ1) is 13.1. The van der Waals surface area contributed by atoms with Gasteiger partial charge in [0, 0.05) is 23.8 Å². The summed E-state index contributed by atoms with van der Waals surface area (Å²) >= 11 is 0. The number of hydrogen-bond acceptors (Lipinski definition) is 5. The molecule has 0 heterocycles. The summed E-state index contributed by atoms with van der Waals surface area (Å²) in [5.74, 6) is -1.27. The van der Waals surface area contributed by atoms with Crippen molar-refractivity contribution in [2.24, 2.45) is 0 Å². The summed E-state index contributed by atoms with van der Waals surface area (Å²) in [6.07, 6.45) is 2.07. The summed E-state index contributed by atoms with van der Waals surface area (Å²) in [5, 5.41) is 28.0. The zero-order valence-electron chi connectivity index (χ0n) is 8.86. The molecule has 0 aliphatic heterocycles. The fraction of sp³-hybridized carbons (Fsp3) is 0. The van der Waals surface area contributed by atoms with E-state index in [4.69, 9.17) is 10.4 Å². The van der Waals surface area contributed by atoms with Gasteiger partial charge in [0.25, 0.3) is 5.69 Å². The second-order valence-electron chi connectivity index (χ2n) is 3.16. The van der Waals surface area contributed by atoms with Gasteiger partial charge in [-0.25, -0.2) is 4.79 Å². The van der Waals surface area contributed by atoms with Crippen molar-refractivity contribution < 1.29 is 19.6 Å². The quantitative estimate of drug-likeness (QED) is 0.370. The Kier molecular flexibility index (Phi) is 3.89. The molecule has 0 aliphatic carbocycles. The highest BCUT2D eigenvalue weighted by molar-refractivity contribution is 5.88. The zero-order chi connectivity index (χ0) is 13.7. The molecule has 1 aromatic rings. The highest BCUT2D eigenvalue weighted by atomic mass is 16.6. The standard InChI is InChI=1S/C11H6N2O5/c12-5-10-7(1-2-11(15)16)3-9(13(17)18)4-8(10)6-14/h1-4,6H,(H,15,16)/b2-1+. The van der Waals surface area contributed by atoms with Crippen molar-refractivity contribution in [3.05, 3.63) is 45.0 Å². The smallest absolute Gasteiger partial charge is 0.328 e. The van der Waals surface area contributed by atoms with Crippen molar-refractivity contribution in [3.8, 4) is 6.07 Å². The van der Waals surface area contributed by atoms with Crippen molar-refractivity contribution in [3.63, 3.8) is 0 Å². The number of rotatable bonds is 4. The third kappa shape index (κ3) is 2.76. The molecule has 1 aromatic carbocycles. The van der Waals surface area contributed by atoms with Crippen molar-refractivity contribution in [2.75, 3.05) is 0 Å². The molecule has 1 N–H and O–H groups in total. The molecule has 18 heavy (non-hydrogen) atoms. The van der Waals surface area contributed by atoms with E-state index in [2.05, 4.69) is 0 Å². The van der Waals surface area contributed by atoms with Gasteiger partial charge in [0.15, 0.2) is 6.29 Å². The molecule has 0 amide bonds. The second kappa shape index (κ2) is 5.36. The van der Waals surface area contributed by atoms with Crippen LogP contribution in [0.15, 0.2) is 18.2 Å². The molecule has 0 saturated carbocycles. The van der Waals surface area contributed by atoms with E-state index in [9.17, 15) is 19.7 Å². The molecule has 0 spiro atoms. The number of hydrogen-bond donors (Lipinski definition) is 1. The third-order valence-electron chi connectivity index (χ3n) is 2.04. The van der Waals surface area contributed by atoms with Crippen molar-refractivity contribution in [1.29, 1.82) is 5.26 Å². The molecule has 0 aromatic heterocycles. The summed E-state index contributed by atoms with van der Waals surface area (Å²) in [5.41, 5.74) is -0.637. The first-order valence-electron chi connectivity index (χ1n) is 4.58. The van der Waals surface area contributed by atoms with Gasteiger partial charge >= 0.3 is 5.97 Å². The van der Waals surface area contributed by atoms with E-state index in [1.54, 1.807) is 6.07 Å². The number of nitriles is 1. The number of carbonyl (C=O) groups is 2. The Labute approximate surface area is 101 Å². The van der Waals surface area contributed by atoms with E-state index in [0.717, 1.165) is 24.3 Å². The SMILES string of the molecule is N#Cc1c(C=O)cc([N+](=O)[O-])cc1/C=C/C(=O)O. The van der Waals surface area contributed by atoms with Crippen LogP contribution < -0.4 is 0 Å². The van der Waals surface area contributed by atoms with Crippen LogP contribution in [0.5, 0.6) is 0 Å².